The number of aryl methyl sites for hydroxylation is 2. The molecular weight excluding hydrogens is 328 g/mol. The zero-order chi connectivity index (χ0) is 19.1. The Hall–Kier alpha value is -3.07. The second kappa shape index (κ2) is 8.86. The number of rotatable bonds is 6. The van der Waals surface area contributed by atoms with E-state index < -0.39 is 0 Å². The topological polar surface area (TPSA) is 78.2 Å². The van der Waals surface area contributed by atoms with Crippen molar-refractivity contribution in [2.75, 3.05) is 18.4 Å². The molecule has 2 rings (SSSR count). The van der Waals surface area contributed by atoms with E-state index >= 15 is 0 Å². The normalized spacial score (nSPS) is 11.3. The molecule has 0 radical (unpaired) electrons. The first-order valence-corrected chi connectivity index (χ1v) is 8.59. The highest BCUT2D eigenvalue weighted by Gasteiger charge is 2.15. The molecule has 0 aliphatic heterocycles. The molecule has 136 valence electrons. The van der Waals surface area contributed by atoms with E-state index in [2.05, 4.69) is 16.4 Å². The van der Waals surface area contributed by atoms with Crippen molar-refractivity contribution in [2.24, 2.45) is 5.92 Å². The zero-order valence-electron chi connectivity index (χ0n) is 15.6. The summed E-state index contributed by atoms with van der Waals surface area (Å²) >= 11 is 0. The van der Waals surface area contributed by atoms with Gasteiger partial charge < -0.3 is 15.0 Å². The maximum atomic E-state index is 12.3. The van der Waals surface area contributed by atoms with E-state index in [0.29, 0.717) is 24.7 Å². The van der Waals surface area contributed by atoms with Crippen molar-refractivity contribution in [2.45, 2.75) is 27.7 Å². The van der Waals surface area contributed by atoms with E-state index in [1.165, 1.54) is 5.56 Å². The minimum absolute atomic E-state index is 0.215. The van der Waals surface area contributed by atoms with Crippen LogP contribution in [0.5, 0.6) is 11.6 Å². The minimum atomic E-state index is -0.251. The lowest BCUT2D eigenvalue weighted by molar-refractivity contribution is 0.210. The van der Waals surface area contributed by atoms with Gasteiger partial charge in [-0.25, -0.2) is 9.78 Å². The number of amides is 2. The van der Waals surface area contributed by atoms with Crippen molar-refractivity contribution in [3.63, 3.8) is 0 Å². The van der Waals surface area contributed by atoms with Crippen LogP contribution in [0, 0.1) is 31.1 Å². The molecule has 0 aliphatic rings. The van der Waals surface area contributed by atoms with Gasteiger partial charge in [0.05, 0.1) is 23.9 Å². The number of hydrogen-bond donors (Lipinski definition) is 1. The molecule has 0 unspecified atom stereocenters. The van der Waals surface area contributed by atoms with Crippen LogP contribution in [0.4, 0.5) is 10.5 Å². The Morgan fingerprint density at radius 2 is 2.08 bits per heavy atom. The highest BCUT2D eigenvalue weighted by atomic mass is 16.5. The maximum Gasteiger partial charge on any atom is 0.321 e. The summed E-state index contributed by atoms with van der Waals surface area (Å²) < 4.78 is 5.74. The third kappa shape index (κ3) is 5.21. The SMILES string of the molecule is CCN(C[C@H](C)C#N)C(=O)Nc1ccc(Oc2ccc(C)c(C)c2)nc1. The largest absolute Gasteiger partial charge is 0.439 e. The lowest BCUT2D eigenvalue weighted by Gasteiger charge is -2.22. The first-order chi connectivity index (χ1) is 12.4. The average Bonchev–Trinajstić information content (AvgIpc) is 2.64. The standard InChI is InChI=1S/C20H24N4O2/c1-5-24(13-14(2)11-21)20(25)23-17-7-9-19(22-12-17)26-18-8-6-15(3)16(4)10-18/h6-10,12,14H,5,13H2,1-4H3,(H,23,25)/t14-/m1/s1. The van der Waals surface area contributed by atoms with Gasteiger partial charge in [-0.15, -0.1) is 0 Å². The van der Waals surface area contributed by atoms with Crippen LogP contribution >= 0.6 is 0 Å². The van der Waals surface area contributed by atoms with Gasteiger partial charge >= 0.3 is 6.03 Å². The lowest BCUT2D eigenvalue weighted by atomic mass is 10.1. The molecule has 0 saturated carbocycles. The van der Waals surface area contributed by atoms with E-state index in [1.54, 1.807) is 30.2 Å². The maximum absolute atomic E-state index is 12.3. The molecule has 0 fully saturated rings. The van der Waals surface area contributed by atoms with Crippen LogP contribution in [-0.4, -0.2) is 29.0 Å². The van der Waals surface area contributed by atoms with E-state index in [9.17, 15) is 4.79 Å². The highest BCUT2D eigenvalue weighted by Crippen LogP contribution is 2.23. The molecule has 6 nitrogen and oxygen atoms in total. The van der Waals surface area contributed by atoms with Crippen LogP contribution in [0.15, 0.2) is 36.5 Å². The Balaban J connectivity index is 1.99. The number of urea groups is 1. The molecule has 0 bridgehead atoms. The average molecular weight is 352 g/mol. The summed E-state index contributed by atoms with van der Waals surface area (Å²) in [6.45, 7) is 8.66. The number of carbonyl (C=O) groups is 1. The van der Waals surface area contributed by atoms with Gasteiger partial charge in [0, 0.05) is 19.2 Å². The Labute approximate surface area is 154 Å². The number of benzene rings is 1. The van der Waals surface area contributed by atoms with Gasteiger partial charge in [-0.3, -0.25) is 0 Å². The smallest absolute Gasteiger partial charge is 0.321 e. The van der Waals surface area contributed by atoms with Crippen LogP contribution < -0.4 is 10.1 Å². The summed E-state index contributed by atoms with van der Waals surface area (Å²) in [6.07, 6.45) is 1.55. The summed E-state index contributed by atoms with van der Waals surface area (Å²) in [7, 11) is 0. The fourth-order valence-corrected chi connectivity index (χ4v) is 2.34. The van der Waals surface area contributed by atoms with Crippen LogP contribution in [0.3, 0.4) is 0 Å². The van der Waals surface area contributed by atoms with E-state index in [4.69, 9.17) is 10.00 Å². The quantitative estimate of drug-likeness (QED) is 0.830. The van der Waals surface area contributed by atoms with Gasteiger partial charge in [0.25, 0.3) is 0 Å². The summed E-state index contributed by atoms with van der Waals surface area (Å²) in [6, 6.07) is 11.2. The monoisotopic (exact) mass is 352 g/mol. The molecule has 1 aromatic heterocycles. The number of carbonyl (C=O) groups excluding carboxylic acids is 1. The van der Waals surface area contributed by atoms with Crippen LogP contribution in [0.1, 0.15) is 25.0 Å². The highest BCUT2D eigenvalue weighted by molar-refractivity contribution is 5.89. The van der Waals surface area contributed by atoms with Crippen molar-refractivity contribution in [3.05, 3.63) is 47.7 Å². The molecule has 26 heavy (non-hydrogen) atoms. The van der Waals surface area contributed by atoms with Gasteiger partial charge in [0.2, 0.25) is 5.88 Å². The number of aromatic nitrogens is 1. The molecule has 2 aromatic rings. The Kier molecular flexibility index (Phi) is 6.56. The van der Waals surface area contributed by atoms with Crippen LogP contribution in [-0.2, 0) is 0 Å². The lowest BCUT2D eigenvalue weighted by Crippen LogP contribution is -2.37. The number of ether oxygens (including phenoxy) is 1. The van der Waals surface area contributed by atoms with Crippen LogP contribution in [0.25, 0.3) is 0 Å². The first kappa shape index (κ1) is 19.3. The van der Waals surface area contributed by atoms with Gasteiger partial charge in [-0.1, -0.05) is 6.07 Å². The number of hydrogen-bond acceptors (Lipinski definition) is 4. The molecule has 0 saturated heterocycles. The first-order valence-electron chi connectivity index (χ1n) is 8.59. The van der Waals surface area contributed by atoms with Gasteiger partial charge in [0.1, 0.15) is 5.75 Å². The van der Waals surface area contributed by atoms with E-state index in [0.717, 1.165) is 11.3 Å². The summed E-state index contributed by atoms with van der Waals surface area (Å²) in [5.41, 5.74) is 2.93. The van der Waals surface area contributed by atoms with E-state index in [-0.39, 0.29) is 11.9 Å². The second-order valence-electron chi connectivity index (χ2n) is 6.23. The fraction of sp³-hybridized carbons (Fsp3) is 0.350. The minimum Gasteiger partial charge on any atom is -0.439 e. The van der Waals surface area contributed by atoms with Gasteiger partial charge in [0.15, 0.2) is 0 Å². The molecule has 1 aromatic carbocycles. The van der Waals surface area contributed by atoms with Gasteiger partial charge in [-0.05, 0) is 57.0 Å². The molecule has 1 atom stereocenters. The number of nitrogens with zero attached hydrogens (tertiary/aromatic N) is 3. The number of pyridine rings is 1. The molecule has 1 N–H and O–H groups in total. The summed E-state index contributed by atoms with van der Waals surface area (Å²) in [5, 5.41) is 11.7. The number of nitrogens with one attached hydrogen (secondary N) is 1. The number of nitriles is 1. The predicted octanol–water partition coefficient (Wildman–Crippen LogP) is 4.50. The Morgan fingerprint density at radius 3 is 2.65 bits per heavy atom. The molecule has 2 amide bonds. The molecule has 1 heterocycles. The molecule has 6 heteroatoms. The fourth-order valence-electron chi connectivity index (χ4n) is 2.34. The van der Waals surface area contributed by atoms with Crippen LogP contribution in [0.2, 0.25) is 0 Å². The number of anilines is 1. The Morgan fingerprint density at radius 1 is 1.31 bits per heavy atom. The van der Waals surface area contributed by atoms with Crippen molar-refractivity contribution >= 4 is 11.7 Å². The summed E-state index contributed by atoms with van der Waals surface area (Å²) in [4.78, 5) is 18.1. The Bertz CT molecular complexity index is 796. The third-order valence-electron chi connectivity index (χ3n) is 4.07. The van der Waals surface area contributed by atoms with Crippen molar-refractivity contribution in [1.82, 2.24) is 9.88 Å². The van der Waals surface area contributed by atoms with Crippen molar-refractivity contribution < 1.29 is 9.53 Å². The van der Waals surface area contributed by atoms with E-state index in [1.807, 2.05) is 39.0 Å². The molecule has 0 spiro atoms. The molecular formula is C20H24N4O2. The van der Waals surface area contributed by atoms with Crippen molar-refractivity contribution in [1.29, 1.82) is 5.26 Å². The second-order valence-corrected chi connectivity index (χ2v) is 6.23. The summed E-state index contributed by atoms with van der Waals surface area (Å²) in [5.74, 6) is 0.962. The molecule has 0 aliphatic carbocycles. The zero-order valence-corrected chi connectivity index (χ0v) is 15.6. The third-order valence-corrected chi connectivity index (χ3v) is 4.07. The predicted molar refractivity (Wildman–Crippen MR) is 101 cm³/mol. The van der Waals surface area contributed by atoms with Gasteiger partial charge in [-0.2, -0.15) is 5.26 Å². The van der Waals surface area contributed by atoms with Crippen molar-refractivity contribution in [3.8, 4) is 17.7 Å².